The molecule has 28 heavy (non-hydrogen) atoms. The van der Waals surface area contributed by atoms with Crippen LogP contribution in [0.3, 0.4) is 0 Å². The van der Waals surface area contributed by atoms with E-state index < -0.39 is 6.10 Å². The van der Waals surface area contributed by atoms with Crippen molar-refractivity contribution in [1.82, 2.24) is 5.32 Å². The van der Waals surface area contributed by atoms with Crippen molar-refractivity contribution in [3.63, 3.8) is 0 Å². The molecule has 0 fully saturated rings. The van der Waals surface area contributed by atoms with Crippen molar-refractivity contribution in [1.29, 1.82) is 0 Å². The van der Waals surface area contributed by atoms with E-state index in [1.807, 2.05) is 0 Å². The molecule has 2 aromatic rings. The highest BCUT2D eigenvalue weighted by molar-refractivity contribution is 5.99. The van der Waals surface area contributed by atoms with Crippen molar-refractivity contribution in [3.8, 4) is 23.0 Å². The number of ether oxygens (including phenoxy) is 4. The maximum atomic E-state index is 12.4. The zero-order chi connectivity index (χ0) is 20.1. The molecular weight excluding hydrogens is 364 g/mol. The van der Waals surface area contributed by atoms with Crippen LogP contribution in [-0.2, 0) is 16.1 Å². The molecule has 0 unspecified atom stereocenters. The zero-order valence-corrected chi connectivity index (χ0v) is 15.9. The molecule has 1 heterocycles. The van der Waals surface area contributed by atoms with Crippen molar-refractivity contribution in [2.75, 3.05) is 26.6 Å². The van der Waals surface area contributed by atoms with Gasteiger partial charge in [0, 0.05) is 18.2 Å². The van der Waals surface area contributed by atoms with Crippen LogP contribution in [0.5, 0.6) is 23.0 Å². The van der Waals surface area contributed by atoms with E-state index in [9.17, 15) is 9.59 Å². The lowest BCUT2D eigenvalue weighted by atomic mass is 10.1. The van der Waals surface area contributed by atoms with Gasteiger partial charge in [-0.05, 0) is 18.2 Å². The second-order valence-electron chi connectivity index (χ2n) is 6.09. The maximum absolute atomic E-state index is 12.4. The number of methoxy groups -OCH3 is 3. The van der Waals surface area contributed by atoms with E-state index in [0.29, 0.717) is 34.2 Å². The van der Waals surface area contributed by atoms with Crippen molar-refractivity contribution >= 4 is 17.5 Å². The van der Waals surface area contributed by atoms with E-state index in [0.717, 1.165) is 0 Å². The second kappa shape index (κ2) is 8.51. The summed E-state index contributed by atoms with van der Waals surface area (Å²) in [6.45, 7) is 0.202. The second-order valence-corrected chi connectivity index (χ2v) is 6.09. The van der Waals surface area contributed by atoms with E-state index in [1.54, 1.807) is 36.4 Å². The minimum absolute atomic E-state index is 0.101. The fourth-order valence-electron chi connectivity index (χ4n) is 2.89. The third-order valence-corrected chi connectivity index (χ3v) is 4.34. The highest BCUT2D eigenvalue weighted by Crippen LogP contribution is 2.34. The van der Waals surface area contributed by atoms with Gasteiger partial charge in [-0.1, -0.05) is 12.1 Å². The molecule has 2 aromatic carbocycles. The number of rotatable bonds is 7. The Kier molecular flexibility index (Phi) is 5.88. The lowest BCUT2D eigenvalue weighted by Crippen LogP contribution is -2.40. The van der Waals surface area contributed by atoms with Gasteiger partial charge >= 0.3 is 0 Å². The van der Waals surface area contributed by atoms with Gasteiger partial charge in [-0.15, -0.1) is 0 Å². The van der Waals surface area contributed by atoms with Crippen LogP contribution < -0.4 is 29.6 Å². The molecule has 0 bridgehead atoms. The number of hydrogen-bond donors (Lipinski definition) is 2. The molecule has 3 rings (SSSR count). The van der Waals surface area contributed by atoms with Gasteiger partial charge in [-0.2, -0.15) is 0 Å². The highest BCUT2D eigenvalue weighted by atomic mass is 16.5. The van der Waals surface area contributed by atoms with Crippen molar-refractivity contribution in [3.05, 3.63) is 42.0 Å². The predicted octanol–water partition coefficient (Wildman–Crippen LogP) is 2.12. The van der Waals surface area contributed by atoms with Gasteiger partial charge in [0.1, 0.15) is 11.5 Å². The molecule has 0 spiro atoms. The van der Waals surface area contributed by atoms with E-state index in [2.05, 4.69) is 10.6 Å². The molecule has 8 nitrogen and oxygen atoms in total. The predicted molar refractivity (Wildman–Crippen MR) is 102 cm³/mol. The summed E-state index contributed by atoms with van der Waals surface area (Å²) < 4.78 is 21.5. The lowest BCUT2D eigenvalue weighted by Gasteiger charge is -2.25. The maximum Gasteiger partial charge on any atom is 0.266 e. The molecule has 1 aliphatic rings. The number of benzene rings is 2. The Hall–Kier alpha value is -3.42. The lowest BCUT2D eigenvalue weighted by molar-refractivity contribution is -0.130. The molecule has 0 saturated carbocycles. The molecule has 2 N–H and O–H groups in total. The molecule has 0 saturated heterocycles. The first-order valence-corrected chi connectivity index (χ1v) is 8.67. The van der Waals surface area contributed by atoms with Crippen LogP contribution in [0, 0.1) is 0 Å². The zero-order valence-electron chi connectivity index (χ0n) is 15.9. The van der Waals surface area contributed by atoms with Crippen molar-refractivity contribution in [2.45, 2.75) is 19.1 Å². The van der Waals surface area contributed by atoms with E-state index in [-0.39, 0.29) is 24.8 Å². The normalized spacial score (nSPS) is 15.0. The quantitative estimate of drug-likeness (QED) is 0.757. The van der Waals surface area contributed by atoms with Gasteiger partial charge < -0.3 is 29.6 Å². The Morgan fingerprint density at radius 1 is 1.07 bits per heavy atom. The molecular formula is C20H22N2O6. The highest BCUT2D eigenvalue weighted by Gasteiger charge is 2.29. The average molecular weight is 386 g/mol. The van der Waals surface area contributed by atoms with Crippen LogP contribution in [0.25, 0.3) is 0 Å². The van der Waals surface area contributed by atoms with E-state index >= 15 is 0 Å². The summed E-state index contributed by atoms with van der Waals surface area (Å²) >= 11 is 0. The Morgan fingerprint density at radius 3 is 2.46 bits per heavy atom. The molecule has 0 aromatic heterocycles. The van der Waals surface area contributed by atoms with Gasteiger partial charge in [0.2, 0.25) is 5.91 Å². The number of carbonyl (C=O) groups is 2. The first-order valence-electron chi connectivity index (χ1n) is 8.67. The van der Waals surface area contributed by atoms with Gasteiger partial charge in [-0.25, -0.2) is 0 Å². The fraction of sp³-hybridized carbons (Fsp3) is 0.300. The Bertz CT molecular complexity index is 883. The average Bonchev–Trinajstić information content (AvgIpc) is 2.72. The smallest absolute Gasteiger partial charge is 0.266 e. The van der Waals surface area contributed by atoms with Crippen LogP contribution in [0.15, 0.2) is 36.4 Å². The summed E-state index contributed by atoms with van der Waals surface area (Å²) in [4.78, 5) is 24.5. The van der Waals surface area contributed by atoms with E-state index in [4.69, 9.17) is 18.9 Å². The van der Waals surface area contributed by atoms with Crippen LogP contribution in [0.2, 0.25) is 0 Å². The first kappa shape index (κ1) is 19.3. The van der Waals surface area contributed by atoms with Gasteiger partial charge in [-0.3, -0.25) is 9.59 Å². The number of nitrogens with one attached hydrogen (secondary N) is 2. The third kappa shape index (κ3) is 4.11. The summed E-state index contributed by atoms with van der Waals surface area (Å²) in [5.41, 5.74) is 1.31. The largest absolute Gasteiger partial charge is 0.496 e. The standard InChI is InChI=1S/C20H22N2O6/c1-25-15-9-17(27-3)16(26-2)8-12(15)11-21-19(23)10-18-20(24)22-13-6-4-5-7-14(13)28-18/h4-9,18H,10-11H2,1-3H3,(H,21,23)(H,22,24)/t18-/m1/s1. The molecule has 1 aliphatic heterocycles. The topological polar surface area (TPSA) is 95.1 Å². The Labute approximate surface area is 162 Å². The fourth-order valence-corrected chi connectivity index (χ4v) is 2.89. The number of anilines is 1. The molecule has 1 atom stereocenters. The summed E-state index contributed by atoms with van der Waals surface area (Å²) in [6.07, 6.45) is -0.988. The first-order chi connectivity index (χ1) is 13.5. The van der Waals surface area contributed by atoms with Crippen LogP contribution in [0.1, 0.15) is 12.0 Å². The number of amides is 2. The summed E-state index contributed by atoms with van der Waals surface area (Å²) in [5, 5.41) is 5.52. The molecule has 2 amide bonds. The molecule has 0 aliphatic carbocycles. The third-order valence-electron chi connectivity index (χ3n) is 4.34. The van der Waals surface area contributed by atoms with Crippen molar-refractivity contribution in [2.24, 2.45) is 0 Å². The SMILES string of the molecule is COc1cc(OC)c(OC)cc1CNC(=O)C[C@H]1Oc2ccccc2NC1=O. The van der Waals surface area contributed by atoms with Crippen LogP contribution in [-0.4, -0.2) is 39.2 Å². The number of hydrogen-bond acceptors (Lipinski definition) is 6. The minimum Gasteiger partial charge on any atom is -0.496 e. The van der Waals surface area contributed by atoms with Crippen molar-refractivity contribution < 1.29 is 28.5 Å². The summed E-state index contributed by atoms with van der Waals surface area (Å²) in [6, 6.07) is 10.5. The monoisotopic (exact) mass is 386 g/mol. The summed E-state index contributed by atoms with van der Waals surface area (Å²) in [7, 11) is 4.60. The van der Waals surface area contributed by atoms with Gasteiger partial charge in [0.25, 0.3) is 5.91 Å². The molecule has 8 heteroatoms. The van der Waals surface area contributed by atoms with Gasteiger partial charge in [0.15, 0.2) is 17.6 Å². The molecule has 148 valence electrons. The van der Waals surface area contributed by atoms with Gasteiger partial charge in [0.05, 0.1) is 33.4 Å². The Morgan fingerprint density at radius 2 is 1.75 bits per heavy atom. The molecule has 0 radical (unpaired) electrons. The number of carbonyl (C=O) groups excluding carboxylic acids is 2. The van der Waals surface area contributed by atoms with Crippen LogP contribution >= 0.6 is 0 Å². The summed E-state index contributed by atoms with van der Waals surface area (Å²) in [5.74, 6) is 1.48. The number of para-hydroxylation sites is 2. The Balaban J connectivity index is 1.64. The number of fused-ring (bicyclic) bond motifs is 1. The van der Waals surface area contributed by atoms with Crippen LogP contribution in [0.4, 0.5) is 5.69 Å². The van der Waals surface area contributed by atoms with E-state index in [1.165, 1.54) is 21.3 Å². The minimum atomic E-state index is -0.887.